The Bertz CT molecular complexity index is 925. The average Bonchev–Trinajstić information content (AvgIpc) is 3.32. The molecule has 0 aliphatic carbocycles. The average molecular weight is 390 g/mol. The maximum absolute atomic E-state index is 13.3. The summed E-state index contributed by atoms with van der Waals surface area (Å²) in [5, 5.41) is 4.30. The van der Waals surface area contributed by atoms with E-state index in [-0.39, 0.29) is 5.91 Å². The van der Waals surface area contributed by atoms with Crippen LogP contribution in [-0.2, 0) is 6.42 Å². The molecule has 0 radical (unpaired) electrons. The molecule has 1 fully saturated rings. The van der Waals surface area contributed by atoms with Crippen molar-refractivity contribution in [2.24, 2.45) is 0 Å². The van der Waals surface area contributed by atoms with E-state index in [2.05, 4.69) is 28.1 Å². The molecule has 1 aliphatic rings. The van der Waals surface area contributed by atoms with Crippen molar-refractivity contribution in [3.05, 3.63) is 78.4 Å². The fourth-order valence-corrected chi connectivity index (χ4v) is 3.95. The third kappa shape index (κ3) is 4.54. The summed E-state index contributed by atoms with van der Waals surface area (Å²) in [6.45, 7) is 2.50. The molecule has 6 nitrogen and oxygen atoms in total. The number of likely N-dealkylation sites (tertiary alicyclic amines) is 1. The Labute approximate surface area is 171 Å². The van der Waals surface area contributed by atoms with Gasteiger partial charge >= 0.3 is 0 Å². The van der Waals surface area contributed by atoms with Crippen LogP contribution in [0, 0.1) is 0 Å². The number of pyridine rings is 1. The van der Waals surface area contributed by atoms with E-state index in [0.717, 1.165) is 50.3 Å². The molecule has 1 amide bonds. The van der Waals surface area contributed by atoms with Crippen LogP contribution in [-0.4, -0.2) is 63.2 Å². The first kappa shape index (κ1) is 19.3. The van der Waals surface area contributed by atoms with Crippen LogP contribution in [0.2, 0.25) is 0 Å². The van der Waals surface area contributed by atoms with Gasteiger partial charge in [-0.25, -0.2) is 4.68 Å². The molecule has 0 saturated carbocycles. The molecule has 1 aliphatic heterocycles. The Morgan fingerprint density at radius 3 is 2.79 bits per heavy atom. The summed E-state index contributed by atoms with van der Waals surface area (Å²) in [7, 11) is 2.15. The van der Waals surface area contributed by atoms with Gasteiger partial charge < -0.3 is 9.80 Å². The number of rotatable bonds is 6. The number of nitrogens with zero attached hydrogens (tertiary/aromatic N) is 5. The van der Waals surface area contributed by atoms with Crippen LogP contribution in [0.4, 0.5) is 0 Å². The zero-order valence-corrected chi connectivity index (χ0v) is 16.8. The smallest absolute Gasteiger partial charge is 0.256 e. The van der Waals surface area contributed by atoms with E-state index in [4.69, 9.17) is 0 Å². The highest BCUT2D eigenvalue weighted by atomic mass is 16.2. The van der Waals surface area contributed by atoms with E-state index < -0.39 is 0 Å². The van der Waals surface area contributed by atoms with Gasteiger partial charge in [-0.1, -0.05) is 18.2 Å². The second-order valence-corrected chi connectivity index (χ2v) is 7.57. The Hall–Kier alpha value is -2.99. The number of para-hydroxylation sites is 1. The van der Waals surface area contributed by atoms with E-state index >= 15 is 0 Å². The molecule has 4 rings (SSSR count). The predicted molar refractivity (Wildman–Crippen MR) is 113 cm³/mol. The highest BCUT2D eigenvalue weighted by molar-refractivity contribution is 5.97. The Kier molecular flexibility index (Phi) is 6.00. The van der Waals surface area contributed by atoms with Crippen LogP contribution in [0.3, 0.4) is 0 Å². The molecule has 0 spiro atoms. The van der Waals surface area contributed by atoms with Crippen molar-refractivity contribution in [2.75, 3.05) is 26.7 Å². The van der Waals surface area contributed by atoms with Crippen molar-refractivity contribution in [3.63, 3.8) is 0 Å². The van der Waals surface area contributed by atoms with Gasteiger partial charge in [-0.15, -0.1) is 0 Å². The molecule has 1 atom stereocenters. The summed E-state index contributed by atoms with van der Waals surface area (Å²) in [4.78, 5) is 22.1. The summed E-state index contributed by atoms with van der Waals surface area (Å²) in [6.07, 6.45) is 8.50. The predicted octanol–water partition coefficient (Wildman–Crippen LogP) is 3.05. The minimum atomic E-state index is 0.0823. The monoisotopic (exact) mass is 389 g/mol. The molecule has 6 heteroatoms. The largest absolute Gasteiger partial charge is 0.337 e. The lowest BCUT2D eigenvalue weighted by Crippen LogP contribution is -2.49. The number of benzene rings is 1. The summed E-state index contributed by atoms with van der Waals surface area (Å²) in [6, 6.07) is 16.0. The minimum absolute atomic E-state index is 0.0823. The molecule has 29 heavy (non-hydrogen) atoms. The second-order valence-electron chi connectivity index (χ2n) is 7.57. The molecule has 1 saturated heterocycles. The first-order valence-electron chi connectivity index (χ1n) is 10.2. The number of amides is 1. The molecule has 0 bridgehead atoms. The highest BCUT2D eigenvalue weighted by Gasteiger charge is 2.28. The summed E-state index contributed by atoms with van der Waals surface area (Å²) in [5.41, 5.74) is 2.64. The Morgan fingerprint density at radius 1 is 1.14 bits per heavy atom. The van der Waals surface area contributed by atoms with Crippen molar-refractivity contribution < 1.29 is 4.79 Å². The van der Waals surface area contributed by atoms with Gasteiger partial charge in [0, 0.05) is 56.4 Å². The van der Waals surface area contributed by atoms with E-state index in [9.17, 15) is 4.79 Å². The number of carbonyl (C=O) groups is 1. The van der Waals surface area contributed by atoms with Crippen molar-refractivity contribution in [3.8, 4) is 5.69 Å². The maximum atomic E-state index is 13.3. The van der Waals surface area contributed by atoms with E-state index in [1.165, 1.54) is 0 Å². The molecule has 1 aromatic carbocycles. The molecule has 2 aromatic heterocycles. The van der Waals surface area contributed by atoms with Gasteiger partial charge in [-0.3, -0.25) is 9.78 Å². The first-order chi connectivity index (χ1) is 14.2. The third-order valence-electron chi connectivity index (χ3n) is 5.64. The summed E-state index contributed by atoms with van der Waals surface area (Å²) >= 11 is 0. The molecule has 1 unspecified atom stereocenters. The van der Waals surface area contributed by atoms with Crippen LogP contribution < -0.4 is 0 Å². The Morgan fingerprint density at radius 2 is 2.00 bits per heavy atom. The number of aromatic nitrogens is 3. The third-order valence-corrected chi connectivity index (χ3v) is 5.64. The molecular weight excluding hydrogens is 362 g/mol. The van der Waals surface area contributed by atoms with Gasteiger partial charge in [-0.05, 0) is 50.2 Å². The Balaban J connectivity index is 1.43. The van der Waals surface area contributed by atoms with Crippen molar-refractivity contribution in [2.45, 2.75) is 25.3 Å². The van der Waals surface area contributed by atoms with Crippen LogP contribution in [0.25, 0.3) is 5.69 Å². The fraction of sp³-hybridized carbons (Fsp3) is 0.348. The molecule has 3 heterocycles. The highest BCUT2D eigenvalue weighted by Crippen LogP contribution is 2.21. The normalized spacial score (nSPS) is 16.9. The quantitative estimate of drug-likeness (QED) is 0.650. The van der Waals surface area contributed by atoms with Crippen LogP contribution in [0.15, 0.2) is 67.1 Å². The lowest BCUT2D eigenvalue weighted by Gasteiger charge is -2.38. The van der Waals surface area contributed by atoms with Gasteiger partial charge in [0.15, 0.2) is 0 Å². The van der Waals surface area contributed by atoms with Gasteiger partial charge in [0.25, 0.3) is 5.91 Å². The molecule has 0 N–H and O–H groups in total. The van der Waals surface area contributed by atoms with Crippen LogP contribution >= 0.6 is 0 Å². The van der Waals surface area contributed by atoms with E-state index in [0.29, 0.717) is 11.6 Å². The standard InChI is InChI=1S/C23H27N5O/c1-26(17-12-19-8-4-5-13-24-19)20-9-6-15-27(18-20)23(29)21-10-2-3-11-22(21)28-16-7-14-25-28/h2-5,7-8,10-11,13-14,16,20H,6,9,12,15,17-18H2,1H3. The molecular formula is C23H27N5O. The lowest BCUT2D eigenvalue weighted by molar-refractivity contribution is 0.0611. The van der Waals surface area contributed by atoms with Gasteiger partial charge in [0.2, 0.25) is 0 Å². The minimum Gasteiger partial charge on any atom is -0.337 e. The number of carbonyl (C=O) groups excluding carboxylic acids is 1. The summed E-state index contributed by atoms with van der Waals surface area (Å²) < 4.78 is 1.76. The second kappa shape index (κ2) is 9.01. The number of hydrogen-bond donors (Lipinski definition) is 0. The van der Waals surface area contributed by atoms with Gasteiger partial charge in [0.05, 0.1) is 11.3 Å². The number of likely N-dealkylation sites (N-methyl/N-ethyl adjacent to an activating group) is 1. The zero-order chi connectivity index (χ0) is 20.1. The topological polar surface area (TPSA) is 54.3 Å². The van der Waals surface area contributed by atoms with E-state index in [1.807, 2.05) is 59.8 Å². The number of hydrogen-bond acceptors (Lipinski definition) is 4. The van der Waals surface area contributed by atoms with Gasteiger partial charge in [0.1, 0.15) is 0 Å². The van der Waals surface area contributed by atoms with Crippen molar-refractivity contribution in [1.29, 1.82) is 0 Å². The van der Waals surface area contributed by atoms with Crippen LogP contribution in [0.1, 0.15) is 28.9 Å². The summed E-state index contributed by atoms with van der Waals surface area (Å²) in [5.74, 6) is 0.0823. The zero-order valence-electron chi connectivity index (χ0n) is 16.8. The number of piperidine rings is 1. The maximum Gasteiger partial charge on any atom is 0.256 e. The SMILES string of the molecule is CN(CCc1ccccn1)C1CCCN(C(=O)c2ccccc2-n2cccn2)C1. The van der Waals surface area contributed by atoms with E-state index in [1.54, 1.807) is 10.9 Å². The fourth-order valence-electron chi connectivity index (χ4n) is 3.95. The molecule has 3 aromatic rings. The molecule has 150 valence electrons. The van der Waals surface area contributed by atoms with Crippen molar-refractivity contribution in [1.82, 2.24) is 24.6 Å². The van der Waals surface area contributed by atoms with Gasteiger partial charge in [-0.2, -0.15) is 5.10 Å². The first-order valence-corrected chi connectivity index (χ1v) is 10.2. The van der Waals surface area contributed by atoms with Crippen LogP contribution in [0.5, 0.6) is 0 Å². The lowest BCUT2D eigenvalue weighted by atomic mass is 10.0. The van der Waals surface area contributed by atoms with Crippen molar-refractivity contribution >= 4 is 5.91 Å².